The number of amides is 1. The van der Waals surface area contributed by atoms with Gasteiger partial charge in [0.25, 0.3) is 0 Å². The third kappa shape index (κ3) is 6.04. The van der Waals surface area contributed by atoms with Crippen LogP contribution in [0.15, 0.2) is 18.2 Å². The summed E-state index contributed by atoms with van der Waals surface area (Å²) in [4.78, 5) is 11.7. The van der Waals surface area contributed by atoms with Crippen molar-refractivity contribution in [2.75, 3.05) is 11.9 Å². The minimum atomic E-state index is -0.567. The molecular weight excluding hydrogens is 270 g/mol. The van der Waals surface area contributed by atoms with Crippen molar-refractivity contribution in [3.8, 4) is 5.75 Å². The number of nitrogens with one attached hydrogen (secondary N) is 1. The Bertz CT molecular complexity index is 503. The number of aromatic hydroxyl groups is 1. The fraction of sp³-hybridized carbons (Fsp3) is 0.562. The number of rotatable bonds is 4. The molecule has 5 nitrogen and oxygen atoms in total. The molecule has 0 fully saturated rings. The Morgan fingerprint density at radius 2 is 1.86 bits per heavy atom. The summed E-state index contributed by atoms with van der Waals surface area (Å²) in [5.74, 6) is 0.145. The largest absolute Gasteiger partial charge is 0.508 e. The molecule has 0 heterocycles. The van der Waals surface area contributed by atoms with E-state index in [-0.39, 0.29) is 17.8 Å². The fourth-order valence-corrected chi connectivity index (χ4v) is 1.80. The highest BCUT2D eigenvalue weighted by Gasteiger charge is 2.20. The highest BCUT2D eigenvalue weighted by atomic mass is 16.6. The molecule has 0 saturated heterocycles. The van der Waals surface area contributed by atoms with Crippen LogP contribution in [-0.4, -0.2) is 28.5 Å². The molecule has 21 heavy (non-hydrogen) atoms. The zero-order valence-electron chi connectivity index (χ0n) is 13.4. The van der Waals surface area contributed by atoms with Crippen LogP contribution in [0.2, 0.25) is 0 Å². The lowest BCUT2D eigenvalue weighted by Crippen LogP contribution is -2.27. The lowest BCUT2D eigenvalue weighted by Gasteiger charge is -2.23. The molecule has 0 aliphatic rings. The Morgan fingerprint density at radius 1 is 1.24 bits per heavy atom. The third-order valence-corrected chi connectivity index (χ3v) is 2.82. The van der Waals surface area contributed by atoms with Gasteiger partial charge < -0.3 is 14.9 Å². The van der Waals surface area contributed by atoms with Crippen molar-refractivity contribution in [1.29, 1.82) is 0 Å². The molecule has 5 heteroatoms. The normalized spacial score (nSPS) is 12.1. The number of ether oxygens (including phenoxy) is 1. The molecule has 0 radical (unpaired) electrons. The maximum atomic E-state index is 11.7. The van der Waals surface area contributed by atoms with E-state index in [0.717, 1.165) is 0 Å². The van der Waals surface area contributed by atoms with Crippen molar-refractivity contribution in [1.82, 2.24) is 0 Å². The van der Waals surface area contributed by atoms with E-state index < -0.39 is 11.7 Å². The summed E-state index contributed by atoms with van der Waals surface area (Å²) in [5, 5.41) is 21.8. The zero-order valence-corrected chi connectivity index (χ0v) is 13.4. The quantitative estimate of drug-likeness (QED) is 0.745. The van der Waals surface area contributed by atoms with E-state index >= 15 is 0 Å². The first kappa shape index (κ1) is 17.3. The molecule has 0 saturated carbocycles. The van der Waals surface area contributed by atoms with E-state index in [1.807, 2.05) is 13.8 Å². The number of hydrogen-bond donors (Lipinski definition) is 3. The van der Waals surface area contributed by atoms with Crippen molar-refractivity contribution >= 4 is 11.8 Å². The van der Waals surface area contributed by atoms with Gasteiger partial charge in [-0.05, 0) is 56.4 Å². The molecule has 3 N–H and O–H groups in total. The molecule has 1 aromatic carbocycles. The third-order valence-electron chi connectivity index (χ3n) is 2.82. The van der Waals surface area contributed by atoms with E-state index in [1.54, 1.807) is 32.9 Å². The van der Waals surface area contributed by atoms with Gasteiger partial charge in [0.2, 0.25) is 0 Å². The van der Waals surface area contributed by atoms with Crippen LogP contribution in [0.25, 0.3) is 0 Å². The van der Waals surface area contributed by atoms with Crippen LogP contribution in [0.4, 0.5) is 10.5 Å². The van der Waals surface area contributed by atoms with E-state index in [2.05, 4.69) is 5.32 Å². The fourth-order valence-electron chi connectivity index (χ4n) is 1.80. The minimum Gasteiger partial charge on any atom is -0.508 e. The molecule has 1 amide bonds. The summed E-state index contributed by atoms with van der Waals surface area (Å²) < 4.78 is 5.18. The van der Waals surface area contributed by atoms with Crippen LogP contribution in [0, 0.1) is 5.41 Å². The number of aliphatic hydroxyl groups excluding tert-OH is 1. The molecule has 1 aromatic rings. The molecule has 0 spiro atoms. The van der Waals surface area contributed by atoms with Crippen LogP contribution >= 0.6 is 0 Å². The average molecular weight is 295 g/mol. The number of phenolic OH excluding ortho intramolecular Hbond substituents is 1. The number of carbonyl (C=O) groups is 1. The number of aliphatic hydroxyl groups is 1. The number of phenols is 1. The maximum Gasteiger partial charge on any atom is 0.412 e. The molecule has 0 aliphatic carbocycles. The number of hydrogen-bond acceptors (Lipinski definition) is 4. The van der Waals surface area contributed by atoms with Crippen molar-refractivity contribution in [3.05, 3.63) is 23.8 Å². The van der Waals surface area contributed by atoms with Crippen LogP contribution < -0.4 is 5.32 Å². The summed E-state index contributed by atoms with van der Waals surface area (Å²) in [7, 11) is 0. The summed E-state index contributed by atoms with van der Waals surface area (Å²) in [6, 6.07) is 4.82. The first-order valence-corrected chi connectivity index (χ1v) is 6.95. The Kier molecular flexibility index (Phi) is 5.23. The zero-order chi connectivity index (χ0) is 16.3. The standard InChI is InChI=1S/C16H25NO4/c1-15(2,3)21-14(20)17-12-6-7-13(19)11(8-12)9-16(4,5)10-18/h6-8,18-19H,9-10H2,1-5H3,(H,17,20). The van der Waals surface area contributed by atoms with Gasteiger partial charge in [-0.25, -0.2) is 4.79 Å². The topological polar surface area (TPSA) is 78.8 Å². The number of carbonyl (C=O) groups excluding carboxylic acids is 1. The predicted molar refractivity (Wildman–Crippen MR) is 82.5 cm³/mol. The van der Waals surface area contributed by atoms with Gasteiger partial charge in [-0.1, -0.05) is 13.8 Å². The van der Waals surface area contributed by atoms with Crippen molar-refractivity contribution in [2.24, 2.45) is 5.41 Å². The van der Waals surface area contributed by atoms with E-state index in [9.17, 15) is 15.0 Å². The summed E-state index contributed by atoms with van der Waals surface area (Å²) >= 11 is 0. The van der Waals surface area contributed by atoms with Gasteiger partial charge in [-0.15, -0.1) is 0 Å². The molecule has 0 unspecified atom stereocenters. The van der Waals surface area contributed by atoms with Crippen molar-refractivity contribution in [2.45, 2.75) is 46.6 Å². The van der Waals surface area contributed by atoms with Crippen molar-refractivity contribution < 1.29 is 19.7 Å². The van der Waals surface area contributed by atoms with Gasteiger partial charge >= 0.3 is 6.09 Å². The van der Waals surface area contributed by atoms with Crippen LogP contribution in [-0.2, 0) is 11.2 Å². The first-order chi connectivity index (χ1) is 9.52. The van der Waals surface area contributed by atoms with Gasteiger partial charge in [0.05, 0.1) is 0 Å². The van der Waals surface area contributed by atoms with Gasteiger partial charge in [-0.3, -0.25) is 5.32 Å². The van der Waals surface area contributed by atoms with Crippen molar-refractivity contribution in [3.63, 3.8) is 0 Å². The number of benzene rings is 1. The Balaban J connectivity index is 2.85. The van der Waals surface area contributed by atoms with E-state index in [0.29, 0.717) is 17.7 Å². The molecule has 0 aliphatic heterocycles. The molecule has 0 bridgehead atoms. The summed E-state index contributed by atoms with van der Waals surface area (Å²) in [6.45, 7) is 9.19. The Labute approximate surface area is 125 Å². The molecule has 0 atom stereocenters. The SMILES string of the molecule is CC(C)(CO)Cc1cc(NC(=O)OC(C)(C)C)ccc1O. The predicted octanol–water partition coefficient (Wildman–Crippen LogP) is 3.30. The second kappa shape index (κ2) is 6.35. The second-order valence-corrected chi connectivity index (χ2v) is 6.97. The summed E-state index contributed by atoms with van der Waals surface area (Å²) in [6.07, 6.45) is -0.0420. The molecule has 0 aromatic heterocycles. The van der Waals surface area contributed by atoms with Gasteiger partial charge in [0.1, 0.15) is 11.4 Å². The Morgan fingerprint density at radius 3 is 2.38 bits per heavy atom. The average Bonchev–Trinajstić information content (AvgIpc) is 2.30. The monoisotopic (exact) mass is 295 g/mol. The molecular formula is C16H25NO4. The number of anilines is 1. The smallest absolute Gasteiger partial charge is 0.412 e. The highest BCUT2D eigenvalue weighted by molar-refractivity contribution is 5.85. The van der Waals surface area contributed by atoms with E-state index in [4.69, 9.17) is 4.74 Å². The summed E-state index contributed by atoms with van der Waals surface area (Å²) in [5.41, 5.74) is 0.304. The molecule has 1 rings (SSSR count). The van der Waals surface area contributed by atoms with E-state index in [1.165, 1.54) is 6.07 Å². The second-order valence-electron chi connectivity index (χ2n) is 6.97. The van der Waals surface area contributed by atoms with Gasteiger partial charge in [-0.2, -0.15) is 0 Å². The molecule has 118 valence electrons. The van der Waals surface area contributed by atoms with Crippen LogP contribution in [0.3, 0.4) is 0 Å². The van der Waals surface area contributed by atoms with Crippen LogP contribution in [0.5, 0.6) is 5.75 Å². The van der Waals surface area contributed by atoms with Crippen LogP contribution in [0.1, 0.15) is 40.2 Å². The van der Waals surface area contributed by atoms with Gasteiger partial charge in [0.15, 0.2) is 0 Å². The van der Waals surface area contributed by atoms with Gasteiger partial charge in [0, 0.05) is 12.3 Å². The first-order valence-electron chi connectivity index (χ1n) is 6.95. The minimum absolute atomic E-state index is 0.0101. The lowest BCUT2D eigenvalue weighted by molar-refractivity contribution is 0.0636. The lowest BCUT2D eigenvalue weighted by atomic mass is 9.86. The Hall–Kier alpha value is -1.75. The maximum absolute atomic E-state index is 11.7. The highest BCUT2D eigenvalue weighted by Crippen LogP contribution is 2.29.